The molecule has 4 rings (SSSR count). The SMILES string of the molecule is Cc1ncn(-c2ccc(NC(=O)C3CCn4cncc4C3)cc2)c1C. The van der Waals surface area contributed by atoms with Crippen molar-refractivity contribution >= 4 is 11.6 Å². The summed E-state index contributed by atoms with van der Waals surface area (Å²) in [5, 5.41) is 3.04. The van der Waals surface area contributed by atoms with Crippen molar-refractivity contribution in [1.29, 1.82) is 0 Å². The molecule has 6 nitrogen and oxygen atoms in total. The van der Waals surface area contributed by atoms with Crippen molar-refractivity contribution in [2.24, 2.45) is 5.92 Å². The molecule has 2 aromatic heterocycles. The number of benzene rings is 1. The Hall–Kier alpha value is -2.89. The normalized spacial score (nSPS) is 16.5. The smallest absolute Gasteiger partial charge is 0.227 e. The van der Waals surface area contributed by atoms with Crippen LogP contribution in [0.5, 0.6) is 0 Å². The van der Waals surface area contributed by atoms with Crippen LogP contribution in [0, 0.1) is 19.8 Å². The van der Waals surface area contributed by atoms with Crippen molar-refractivity contribution in [3.63, 3.8) is 0 Å². The van der Waals surface area contributed by atoms with Crippen LogP contribution in [-0.2, 0) is 17.8 Å². The van der Waals surface area contributed by atoms with E-state index in [1.165, 1.54) is 0 Å². The molecule has 0 radical (unpaired) electrons. The van der Waals surface area contributed by atoms with E-state index in [0.717, 1.165) is 47.8 Å². The standard InChI is InChI=1S/C19H21N5O/c1-13-14(2)24(12-21-13)17-5-3-16(4-6-17)22-19(25)15-7-8-23-11-20-10-18(23)9-15/h3-6,10-12,15H,7-9H2,1-2H3,(H,22,25). The molecule has 0 fully saturated rings. The molecular weight excluding hydrogens is 314 g/mol. The van der Waals surface area contributed by atoms with Gasteiger partial charge in [-0.25, -0.2) is 9.97 Å². The first-order valence-electron chi connectivity index (χ1n) is 8.52. The number of imidazole rings is 2. The fourth-order valence-electron chi connectivity index (χ4n) is 3.30. The summed E-state index contributed by atoms with van der Waals surface area (Å²) in [6.45, 7) is 4.90. The lowest BCUT2D eigenvalue weighted by molar-refractivity contribution is -0.120. The Kier molecular flexibility index (Phi) is 3.87. The number of nitrogens with zero attached hydrogens (tertiary/aromatic N) is 4. The number of nitrogens with one attached hydrogen (secondary N) is 1. The topological polar surface area (TPSA) is 64.7 Å². The fourth-order valence-corrected chi connectivity index (χ4v) is 3.30. The van der Waals surface area contributed by atoms with Gasteiger partial charge in [-0.3, -0.25) is 4.79 Å². The van der Waals surface area contributed by atoms with Crippen LogP contribution < -0.4 is 5.32 Å². The number of aryl methyl sites for hydroxylation is 2. The molecule has 0 saturated heterocycles. The average molecular weight is 335 g/mol. The minimum atomic E-state index is 0.00224. The highest BCUT2D eigenvalue weighted by Crippen LogP contribution is 2.22. The number of rotatable bonds is 3. The van der Waals surface area contributed by atoms with E-state index in [4.69, 9.17) is 0 Å². The highest BCUT2D eigenvalue weighted by atomic mass is 16.1. The number of aromatic nitrogens is 4. The predicted octanol–water partition coefficient (Wildman–Crippen LogP) is 2.89. The van der Waals surface area contributed by atoms with E-state index in [2.05, 4.69) is 19.9 Å². The molecule has 1 aliphatic rings. The molecular formula is C19H21N5O. The Bertz CT molecular complexity index is 906. The Morgan fingerprint density at radius 1 is 1.20 bits per heavy atom. The Balaban J connectivity index is 1.45. The molecule has 0 aliphatic carbocycles. The van der Waals surface area contributed by atoms with Gasteiger partial charge in [0, 0.05) is 47.8 Å². The molecule has 1 aliphatic heterocycles. The van der Waals surface area contributed by atoms with Gasteiger partial charge in [0.2, 0.25) is 5.91 Å². The van der Waals surface area contributed by atoms with Crippen LogP contribution in [0.4, 0.5) is 5.69 Å². The summed E-state index contributed by atoms with van der Waals surface area (Å²) in [7, 11) is 0. The minimum absolute atomic E-state index is 0.00224. The molecule has 1 N–H and O–H groups in total. The molecule has 3 aromatic rings. The van der Waals surface area contributed by atoms with E-state index in [0.29, 0.717) is 0 Å². The van der Waals surface area contributed by atoms with Gasteiger partial charge in [-0.1, -0.05) is 0 Å². The molecule has 1 unspecified atom stereocenters. The van der Waals surface area contributed by atoms with Gasteiger partial charge >= 0.3 is 0 Å². The van der Waals surface area contributed by atoms with E-state index >= 15 is 0 Å². The van der Waals surface area contributed by atoms with E-state index in [-0.39, 0.29) is 11.8 Å². The molecule has 128 valence electrons. The van der Waals surface area contributed by atoms with Gasteiger partial charge in [-0.05, 0) is 44.5 Å². The minimum Gasteiger partial charge on any atom is -0.335 e. The predicted molar refractivity (Wildman–Crippen MR) is 95.7 cm³/mol. The molecule has 0 saturated carbocycles. The maximum atomic E-state index is 12.6. The zero-order chi connectivity index (χ0) is 17.4. The van der Waals surface area contributed by atoms with Crippen LogP contribution in [0.1, 0.15) is 23.5 Å². The van der Waals surface area contributed by atoms with Gasteiger partial charge in [-0.15, -0.1) is 0 Å². The van der Waals surface area contributed by atoms with Crippen LogP contribution in [0.15, 0.2) is 43.1 Å². The van der Waals surface area contributed by atoms with Crippen molar-refractivity contribution in [3.05, 3.63) is 60.2 Å². The van der Waals surface area contributed by atoms with Crippen LogP contribution >= 0.6 is 0 Å². The lowest BCUT2D eigenvalue weighted by Crippen LogP contribution is -2.29. The number of anilines is 1. The van der Waals surface area contributed by atoms with E-state index in [1.54, 1.807) is 0 Å². The molecule has 3 heterocycles. The molecule has 0 spiro atoms. The quantitative estimate of drug-likeness (QED) is 0.800. The monoisotopic (exact) mass is 335 g/mol. The first-order chi connectivity index (χ1) is 12.1. The number of amides is 1. The van der Waals surface area contributed by atoms with Crippen LogP contribution in [0.2, 0.25) is 0 Å². The second kappa shape index (κ2) is 6.20. The van der Waals surface area contributed by atoms with Crippen LogP contribution in [0.25, 0.3) is 5.69 Å². The molecule has 0 bridgehead atoms. The zero-order valence-corrected chi connectivity index (χ0v) is 14.4. The third kappa shape index (κ3) is 2.95. The van der Waals surface area contributed by atoms with Crippen molar-refractivity contribution in [2.45, 2.75) is 33.2 Å². The van der Waals surface area contributed by atoms with Gasteiger partial charge in [0.15, 0.2) is 0 Å². The van der Waals surface area contributed by atoms with Crippen molar-refractivity contribution in [3.8, 4) is 5.69 Å². The van der Waals surface area contributed by atoms with E-state index < -0.39 is 0 Å². The molecule has 1 aromatic carbocycles. The van der Waals surface area contributed by atoms with Crippen molar-refractivity contribution < 1.29 is 4.79 Å². The van der Waals surface area contributed by atoms with Gasteiger partial charge in [0.1, 0.15) is 0 Å². The largest absolute Gasteiger partial charge is 0.335 e. The third-order valence-electron chi connectivity index (χ3n) is 5.01. The van der Waals surface area contributed by atoms with Gasteiger partial charge in [-0.2, -0.15) is 0 Å². The first kappa shape index (κ1) is 15.6. The molecule has 6 heteroatoms. The molecule has 1 amide bonds. The molecule has 1 atom stereocenters. The maximum Gasteiger partial charge on any atom is 0.227 e. The van der Waals surface area contributed by atoms with Crippen LogP contribution in [-0.4, -0.2) is 25.0 Å². The Labute approximate surface area is 146 Å². The van der Waals surface area contributed by atoms with E-state index in [1.807, 2.05) is 61.5 Å². The second-order valence-electron chi connectivity index (χ2n) is 6.59. The summed E-state index contributed by atoms with van der Waals surface area (Å²) in [6, 6.07) is 7.88. The van der Waals surface area contributed by atoms with Crippen LogP contribution in [0.3, 0.4) is 0 Å². The lowest BCUT2D eigenvalue weighted by atomic mass is 9.95. The number of hydrogen-bond acceptors (Lipinski definition) is 3. The summed E-state index contributed by atoms with van der Waals surface area (Å²) in [5.41, 5.74) is 5.14. The van der Waals surface area contributed by atoms with Gasteiger partial charge < -0.3 is 14.5 Å². The Morgan fingerprint density at radius 2 is 2.00 bits per heavy atom. The average Bonchev–Trinajstić information content (AvgIpc) is 3.22. The summed E-state index contributed by atoms with van der Waals surface area (Å²) in [6.07, 6.45) is 7.10. The molecule has 25 heavy (non-hydrogen) atoms. The van der Waals surface area contributed by atoms with Gasteiger partial charge in [0.25, 0.3) is 0 Å². The Morgan fingerprint density at radius 3 is 2.72 bits per heavy atom. The maximum absolute atomic E-state index is 12.6. The third-order valence-corrected chi connectivity index (χ3v) is 5.01. The number of fused-ring (bicyclic) bond motifs is 1. The highest BCUT2D eigenvalue weighted by Gasteiger charge is 2.24. The lowest BCUT2D eigenvalue weighted by Gasteiger charge is -2.23. The number of carbonyl (C=O) groups excluding carboxylic acids is 1. The highest BCUT2D eigenvalue weighted by molar-refractivity contribution is 5.92. The number of carbonyl (C=O) groups is 1. The van der Waals surface area contributed by atoms with Crippen molar-refractivity contribution in [2.75, 3.05) is 5.32 Å². The van der Waals surface area contributed by atoms with E-state index in [9.17, 15) is 4.79 Å². The van der Waals surface area contributed by atoms with Gasteiger partial charge in [0.05, 0.1) is 18.3 Å². The number of hydrogen-bond donors (Lipinski definition) is 1. The first-order valence-corrected chi connectivity index (χ1v) is 8.52. The summed E-state index contributed by atoms with van der Waals surface area (Å²) in [4.78, 5) is 21.0. The zero-order valence-electron chi connectivity index (χ0n) is 14.4. The second-order valence-corrected chi connectivity index (χ2v) is 6.59. The summed E-state index contributed by atoms with van der Waals surface area (Å²) in [5.74, 6) is 0.0808. The summed E-state index contributed by atoms with van der Waals surface area (Å²) < 4.78 is 4.16. The van der Waals surface area contributed by atoms with Crippen molar-refractivity contribution in [1.82, 2.24) is 19.1 Å². The fraction of sp³-hybridized carbons (Fsp3) is 0.316. The summed E-state index contributed by atoms with van der Waals surface area (Å²) >= 11 is 0.